The summed E-state index contributed by atoms with van der Waals surface area (Å²) in [5, 5.41) is 0. The molecule has 2 aliphatic carbocycles. The van der Waals surface area contributed by atoms with Crippen molar-refractivity contribution in [2.24, 2.45) is 23.7 Å². The first-order valence-electron chi connectivity index (χ1n) is 5.80. The van der Waals surface area contributed by atoms with E-state index in [0.29, 0.717) is 0 Å². The van der Waals surface area contributed by atoms with Gasteiger partial charge in [0.2, 0.25) is 0 Å². The fourth-order valence-corrected chi connectivity index (χ4v) is 3.13. The molecular weight excluding hydrogens is 144 g/mol. The minimum Gasteiger partial charge on any atom is -0.0683 e. The third-order valence-corrected chi connectivity index (χ3v) is 4.05. The summed E-state index contributed by atoms with van der Waals surface area (Å²) < 4.78 is 0. The normalized spacial score (nSPS) is 45.0. The second kappa shape index (κ2) is 4.30. The van der Waals surface area contributed by atoms with Crippen molar-refractivity contribution in [3.05, 3.63) is 0 Å². The van der Waals surface area contributed by atoms with Gasteiger partial charge in [-0.3, -0.25) is 0 Å². The Morgan fingerprint density at radius 1 is 0.750 bits per heavy atom. The van der Waals surface area contributed by atoms with Crippen LogP contribution in [0.4, 0.5) is 0 Å². The van der Waals surface area contributed by atoms with E-state index in [2.05, 4.69) is 13.8 Å². The fraction of sp³-hybridized carbons (Fsp3) is 1.00. The molecule has 4 atom stereocenters. The largest absolute Gasteiger partial charge is 0.0683 e. The van der Waals surface area contributed by atoms with Crippen LogP contribution in [-0.2, 0) is 0 Å². The van der Waals surface area contributed by atoms with Crippen LogP contribution in [0.25, 0.3) is 0 Å². The van der Waals surface area contributed by atoms with Crippen LogP contribution in [0.2, 0.25) is 0 Å². The molecule has 0 heteroatoms. The molecule has 0 aromatic carbocycles. The molecular formula is C12H24. The van der Waals surface area contributed by atoms with E-state index in [0.717, 1.165) is 23.7 Å². The van der Waals surface area contributed by atoms with E-state index in [1.807, 2.05) is 13.8 Å². The Morgan fingerprint density at radius 2 is 1.08 bits per heavy atom. The van der Waals surface area contributed by atoms with Crippen molar-refractivity contribution < 1.29 is 0 Å². The molecule has 0 radical (unpaired) electrons. The minimum absolute atomic E-state index is 1.05. The van der Waals surface area contributed by atoms with Crippen molar-refractivity contribution >= 4 is 0 Å². The maximum atomic E-state index is 2.44. The Balaban J connectivity index is 0.000000336. The van der Waals surface area contributed by atoms with E-state index in [1.54, 1.807) is 0 Å². The zero-order valence-electron chi connectivity index (χ0n) is 9.14. The Morgan fingerprint density at radius 3 is 1.42 bits per heavy atom. The number of rotatable bonds is 0. The lowest BCUT2D eigenvalue weighted by Crippen LogP contribution is -2.45. The molecule has 4 unspecified atom stereocenters. The van der Waals surface area contributed by atoms with Gasteiger partial charge in [0.1, 0.15) is 0 Å². The lowest BCUT2D eigenvalue weighted by molar-refractivity contribution is -0.0305. The number of hydrogen-bond acceptors (Lipinski definition) is 0. The van der Waals surface area contributed by atoms with Gasteiger partial charge in [0, 0.05) is 0 Å². The lowest BCUT2D eigenvalue weighted by atomic mass is 9.53. The minimum atomic E-state index is 1.05. The molecule has 0 aliphatic heterocycles. The molecule has 2 rings (SSSR count). The molecule has 2 fully saturated rings. The molecule has 2 saturated carbocycles. The van der Waals surface area contributed by atoms with Crippen molar-refractivity contribution in [2.45, 2.75) is 53.4 Å². The Kier molecular flexibility index (Phi) is 3.61. The van der Waals surface area contributed by atoms with Crippen molar-refractivity contribution in [3.8, 4) is 0 Å². The third kappa shape index (κ3) is 1.53. The quantitative estimate of drug-likeness (QED) is 0.511. The molecule has 0 aromatic heterocycles. The summed E-state index contributed by atoms with van der Waals surface area (Å²) in [6, 6.07) is 0. The second-order valence-corrected chi connectivity index (χ2v) is 4.33. The highest BCUT2D eigenvalue weighted by atomic mass is 14.5. The molecule has 0 amide bonds. The first kappa shape index (κ1) is 10.1. The summed E-state index contributed by atoms with van der Waals surface area (Å²) in [5.74, 6) is 4.35. The maximum Gasteiger partial charge on any atom is -0.0355 e. The Labute approximate surface area is 77.7 Å². The molecule has 0 bridgehead atoms. The van der Waals surface area contributed by atoms with Gasteiger partial charge in [-0.25, -0.2) is 0 Å². The summed E-state index contributed by atoms with van der Waals surface area (Å²) in [5.41, 5.74) is 0. The SMILES string of the molecule is CC.CC1C(C)C2CCCCC12. The Bertz CT molecular complexity index is 112. The van der Waals surface area contributed by atoms with E-state index in [-0.39, 0.29) is 0 Å². The van der Waals surface area contributed by atoms with Gasteiger partial charge < -0.3 is 0 Å². The van der Waals surface area contributed by atoms with E-state index >= 15 is 0 Å². The van der Waals surface area contributed by atoms with Crippen molar-refractivity contribution in [2.75, 3.05) is 0 Å². The van der Waals surface area contributed by atoms with Gasteiger partial charge in [0.05, 0.1) is 0 Å². The van der Waals surface area contributed by atoms with Crippen LogP contribution in [0.5, 0.6) is 0 Å². The van der Waals surface area contributed by atoms with E-state index in [9.17, 15) is 0 Å². The van der Waals surface area contributed by atoms with Crippen LogP contribution >= 0.6 is 0 Å². The lowest BCUT2D eigenvalue weighted by Gasteiger charge is -2.52. The predicted octanol–water partition coefficient (Wildman–Crippen LogP) is 4.10. The van der Waals surface area contributed by atoms with Gasteiger partial charge in [0.15, 0.2) is 0 Å². The molecule has 0 saturated heterocycles. The van der Waals surface area contributed by atoms with Gasteiger partial charge in [-0.2, -0.15) is 0 Å². The smallest absolute Gasteiger partial charge is 0.0355 e. The standard InChI is InChI=1S/C10H18.C2H6/c1-7-8(2)10-6-4-3-5-9(7)10;1-2/h7-10H,3-6H2,1-2H3;1-2H3. The van der Waals surface area contributed by atoms with Gasteiger partial charge in [-0.15, -0.1) is 0 Å². The average Bonchev–Trinajstić information content (AvgIpc) is 2.19. The molecule has 12 heavy (non-hydrogen) atoms. The van der Waals surface area contributed by atoms with Crippen LogP contribution in [0.3, 0.4) is 0 Å². The van der Waals surface area contributed by atoms with Gasteiger partial charge in [0.25, 0.3) is 0 Å². The first-order chi connectivity index (χ1) is 5.80. The predicted molar refractivity (Wildman–Crippen MR) is 55.1 cm³/mol. The highest BCUT2D eigenvalue weighted by molar-refractivity contribution is 4.94. The monoisotopic (exact) mass is 168 g/mol. The van der Waals surface area contributed by atoms with Crippen molar-refractivity contribution in [1.82, 2.24) is 0 Å². The molecule has 0 N–H and O–H groups in total. The second-order valence-electron chi connectivity index (χ2n) is 4.33. The van der Waals surface area contributed by atoms with Gasteiger partial charge >= 0.3 is 0 Å². The molecule has 0 nitrogen and oxygen atoms in total. The van der Waals surface area contributed by atoms with E-state index < -0.39 is 0 Å². The summed E-state index contributed by atoms with van der Waals surface area (Å²) in [6.45, 7) is 8.88. The summed E-state index contributed by atoms with van der Waals surface area (Å²) in [6.07, 6.45) is 6.10. The van der Waals surface area contributed by atoms with Crippen LogP contribution in [0.1, 0.15) is 53.4 Å². The molecule has 0 spiro atoms. The van der Waals surface area contributed by atoms with Crippen molar-refractivity contribution in [3.63, 3.8) is 0 Å². The van der Waals surface area contributed by atoms with E-state index in [4.69, 9.17) is 0 Å². The van der Waals surface area contributed by atoms with Gasteiger partial charge in [-0.05, 0) is 36.5 Å². The topological polar surface area (TPSA) is 0 Å². The average molecular weight is 168 g/mol. The number of fused-ring (bicyclic) bond motifs is 1. The summed E-state index contributed by atoms with van der Waals surface area (Å²) in [4.78, 5) is 0. The molecule has 0 heterocycles. The zero-order valence-corrected chi connectivity index (χ0v) is 9.14. The zero-order chi connectivity index (χ0) is 9.14. The third-order valence-electron chi connectivity index (χ3n) is 4.05. The van der Waals surface area contributed by atoms with E-state index in [1.165, 1.54) is 25.7 Å². The first-order valence-corrected chi connectivity index (χ1v) is 5.80. The number of hydrogen-bond donors (Lipinski definition) is 0. The van der Waals surface area contributed by atoms with Crippen LogP contribution in [-0.4, -0.2) is 0 Å². The summed E-state index contributed by atoms with van der Waals surface area (Å²) >= 11 is 0. The van der Waals surface area contributed by atoms with Crippen LogP contribution in [0, 0.1) is 23.7 Å². The van der Waals surface area contributed by atoms with Crippen LogP contribution < -0.4 is 0 Å². The molecule has 0 aromatic rings. The highest BCUT2D eigenvalue weighted by Crippen LogP contribution is 2.52. The fourth-order valence-electron chi connectivity index (χ4n) is 3.13. The van der Waals surface area contributed by atoms with Crippen molar-refractivity contribution in [1.29, 1.82) is 0 Å². The highest BCUT2D eigenvalue weighted by Gasteiger charge is 2.45. The Hall–Kier alpha value is 0. The van der Waals surface area contributed by atoms with Crippen LogP contribution in [0.15, 0.2) is 0 Å². The molecule has 2 aliphatic rings. The molecule has 72 valence electrons. The summed E-state index contributed by atoms with van der Waals surface area (Å²) in [7, 11) is 0. The van der Waals surface area contributed by atoms with Gasteiger partial charge in [-0.1, -0.05) is 40.5 Å². The maximum absolute atomic E-state index is 2.44.